The summed E-state index contributed by atoms with van der Waals surface area (Å²) in [5.41, 5.74) is 2.15. The summed E-state index contributed by atoms with van der Waals surface area (Å²) in [5, 5.41) is 0.574. The van der Waals surface area contributed by atoms with Crippen molar-refractivity contribution >= 4 is 11.8 Å². The fourth-order valence-corrected chi connectivity index (χ4v) is 3.42. The summed E-state index contributed by atoms with van der Waals surface area (Å²) in [4.78, 5) is 23.5. The minimum absolute atomic E-state index is 0.148. The number of H-pyrrole nitrogens is 1. The van der Waals surface area contributed by atoms with E-state index < -0.39 is 0 Å². The van der Waals surface area contributed by atoms with Gasteiger partial charge in [0.1, 0.15) is 17.3 Å². The molecule has 0 saturated heterocycles. The Hall–Kier alpha value is -2.74. The number of nitrogens with zero attached hydrogens (tertiary/aromatic N) is 2. The Morgan fingerprint density at radius 2 is 2.00 bits per heavy atom. The minimum Gasteiger partial charge on any atom is -0.497 e. The molecular formula is C19H21N3O4S. The number of oxazole rings is 1. The van der Waals surface area contributed by atoms with E-state index in [4.69, 9.17) is 13.9 Å². The van der Waals surface area contributed by atoms with Crippen molar-refractivity contribution < 1.29 is 13.9 Å². The van der Waals surface area contributed by atoms with Crippen LogP contribution in [0.25, 0.3) is 11.5 Å². The van der Waals surface area contributed by atoms with Crippen molar-refractivity contribution in [1.82, 2.24) is 15.0 Å². The Bertz CT molecular complexity index is 997. The van der Waals surface area contributed by atoms with E-state index in [2.05, 4.69) is 15.0 Å². The number of benzene rings is 1. The van der Waals surface area contributed by atoms with Gasteiger partial charge in [-0.2, -0.15) is 0 Å². The summed E-state index contributed by atoms with van der Waals surface area (Å²) in [6, 6.07) is 6.98. The molecule has 0 unspecified atom stereocenters. The highest BCUT2D eigenvalue weighted by molar-refractivity contribution is 7.98. The minimum atomic E-state index is -0.148. The van der Waals surface area contributed by atoms with Gasteiger partial charge in [0, 0.05) is 23.6 Å². The van der Waals surface area contributed by atoms with Crippen molar-refractivity contribution in [2.24, 2.45) is 0 Å². The van der Waals surface area contributed by atoms with E-state index in [1.807, 2.05) is 26.0 Å². The highest BCUT2D eigenvalue weighted by atomic mass is 32.2. The van der Waals surface area contributed by atoms with Gasteiger partial charge in [-0.3, -0.25) is 4.79 Å². The van der Waals surface area contributed by atoms with Crippen LogP contribution in [0.3, 0.4) is 0 Å². The maximum atomic E-state index is 11.7. The molecule has 0 bridgehead atoms. The van der Waals surface area contributed by atoms with Crippen LogP contribution in [0.5, 0.6) is 11.5 Å². The van der Waals surface area contributed by atoms with Crippen LogP contribution < -0.4 is 15.0 Å². The standard InChI is InChI=1S/C19H21N3O4S/c1-5-12-8-17(23)22-19(20-12)27-10-15-11(2)26-18(21-15)14-7-6-13(24-3)9-16(14)25-4/h6-9H,5,10H2,1-4H3,(H,20,22,23). The predicted octanol–water partition coefficient (Wildman–Crippen LogP) is 3.61. The summed E-state index contributed by atoms with van der Waals surface area (Å²) < 4.78 is 16.5. The number of hydrogen-bond acceptors (Lipinski definition) is 7. The third-order valence-electron chi connectivity index (χ3n) is 4.01. The number of ether oxygens (including phenoxy) is 2. The molecule has 0 aliphatic carbocycles. The topological polar surface area (TPSA) is 90.2 Å². The first-order chi connectivity index (χ1) is 13.0. The van der Waals surface area contributed by atoms with Crippen LogP contribution in [0.4, 0.5) is 0 Å². The third-order valence-corrected chi connectivity index (χ3v) is 4.90. The van der Waals surface area contributed by atoms with Gasteiger partial charge in [-0.05, 0) is 25.5 Å². The van der Waals surface area contributed by atoms with Gasteiger partial charge < -0.3 is 18.9 Å². The zero-order chi connectivity index (χ0) is 19.4. The van der Waals surface area contributed by atoms with Crippen LogP contribution in [0, 0.1) is 6.92 Å². The molecule has 2 aromatic heterocycles. The van der Waals surface area contributed by atoms with Gasteiger partial charge in [0.2, 0.25) is 5.89 Å². The monoisotopic (exact) mass is 387 g/mol. The van der Waals surface area contributed by atoms with Crippen molar-refractivity contribution in [3.05, 3.63) is 51.8 Å². The van der Waals surface area contributed by atoms with Crippen molar-refractivity contribution in [1.29, 1.82) is 0 Å². The predicted molar refractivity (Wildman–Crippen MR) is 104 cm³/mol. The number of thioether (sulfide) groups is 1. The highest BCUT2D eigenvalue weighted by Crippen LogP contribution is 2.34. The molecule has 3 rings (SSSR count). The number of aryl methyl sites for hydroxylation is 2. The molecule has 0 aliphatic rings. The maximum absolute atomic E-state index is 11.7. The van der Waals surface area contributed by atoms with E-state index in [-0.39, 0.29) is 5.56 Å². The van der Waals surface area contributed by atoms with Crippen LogP contribution >= 0.6 is 11.8 Å². The lowest BCUT2D eigenvalue weighted by atomic mass is 10.2. The Labute approximate surface area is 161 Å². The molecular weight excluding hydrogens is 366 g/mol. The number of nitrogens with one attached hydrogen (secondary N) is 1. The van der Waals surface area contributed by atoms with E-state index in [1.54, 1.807) is 20.3 Å². The number of aromatic nitrogens is 3. The molecule has 27 heavy (non-hydrogen) atoms. The third kappa shape index (κ3) is 4.33. The molecule has 0 saturated carbocycles. The summed E-state index contributed by atoms with van der Waals surface area (Å²) in [6.07, 6.45) is 0.710. The van der Waals surface area contributed by atoms with Gasteiger partial charge >= 0.3 is 0 Å². The largest absolute Gasteiger partial charge is 0.497 e. The van der Waals surface area contributed by atoms with Crippen LogP contribution in [-0.4, -0.2) is 29.2 Å². The van der Waals surface area contributed by atoms with E-state index in [1.165, 1.54) is 17.8 Å². The molecule has 142 valence electrons. The van der Waals surface area contributed by atoms with Crippen LogP contribution in [-0.2, 0) is 12.2 Å². The number of hydrogen-bond donors (Lipinski definition) is 1. The zero-order valence-corrected chi connectivity index (χ0v) is 16.5. The van der Waals surface area contributed by atoms with Gasteiger partial charge in [0.15, 0.2) is 5.16 Å². The summed E-state index contributed by atoms with van der Waals surface area (Å²) >= 11 is 1.42. The van der Waals surface area contributed by atoms with Gasteiger partial charge in [-0.1, -0.05) is 18.7 Å². The smallest absolute Gasteiger partial charge is 0.251 e. The summed E-state index contributed by atoms with van der Waals surface area (Å²) in [6.45, 7) is 3.83. The van der Waals surface area contributed by atoms with Crippen LogP contribution in [0.1, 0.15) is 24.1 Å². The molecule has 0 atom stereocenters. The average Bonchev–Trinajstić information content (AvgIpc) is 3.05. The lowest BCUT2D eigenvalue weighted by molar-refractivity contribution is 0.394. The zero-order valence-electron chi connectivity index (χ0n) is 15.7. The van der Waals surface area contributed by atoms with E-state index in [9.17, 15) is 4.79 Å². The summed E-state index contributed by atoms with van der Waals surface area (Å²) in [7, 11) is 3.19. The van der Waals surface area contributed by atoms with Crippen molar-refractivity contribution in [2.45, 2.75) is 31.2 Å². The molecule has 7 nitrogen and oxygen atoms in total. The van der Waals surface area contributed by atoms with Crippen molar-refractivity contribution in [2.75, 3.05) is 14.2 Å². The van der Waals surface area contributed by atoms with Gasteiger partial charge in [0.05, 0.1) is 25.5 Å². The number of rotatable bonds is 7. The molecule has 1 aromatic carbocycles. The molecule has 0 fully saturated rings. The molecule has 0 aliphatic heterocycles. The van der Waals surface area contributed by atoms with Crippen LogP contribution in [0.2, 0.25) is 0 Å². The first kappa shape index (κ1) is 19.0. The molecule has 1 N–H and O–H groups in total. The lowest BCUT2D eigenvalue weighted by Crippen LogP contribution is -2.09. The Kier molecular flexibility index (Phi) is 5.85. The lowest BCUT2D eigenvalue weighted by Gasteiger charge is -2.07. The quantitative estimate of drug-likeness (QED) is 0.489. The maximum Gasteiger partial charge on any atom is 0.251 e. The molecule has 2 heterocycles. The van der Waals surface area contributed by atoms with Crippen LogP contribution in [0.15, 0.2) is 38.6 Å². The van der Waals surface area contributed by atoms with Gasteiger partial charge in [-0.15, -0.1) is 0 Å². The Balaban J connectivity index is 1.83. The second kappa shape index (κ2) is 8.30. The van der Waals surface area contributed by atoms with Gasteiger partial charge in [0.25, 0.3) is 5.56 Å². The van der Waals surface area contributed by atoms with E-state index >= 15 is 0 Å². The Morgan fingerprint density at radius 1 is 1.19 bits per heavy atom. The molecule has 0 radical (unpaired) electrons. The number of aromatic amines is 1. The summed E-state index contributed by atoms with van der Waals surface area (Å²) in [5.74, 6) is 3.04. The molecule has 3 aromatic rings. The fourth-order valence-electron chi connectivity index (χ4n) is 2.52. The SMILES string of the molecule is CCc1cc(=O)[nH]c(SCc2nc(-c3ccc(OC)cc3OC)oc2C)n1. The Morgan fingerprint density at radius 3 is 2.70 bits per heavy atom. The van der Waals surface area contributed by atoms with Crippen molar-refractivity contribution in [3.8, 4) is 23.0 Å². The van der Waals surface area contributed by atoms with Crippen molar-refractivity contribution in [3.63, 3.8) is 0 Å². The second-order valence-electron chi connectivity index (χ2n) is 5.77. The van der Waals surface area contributed by atoms with E-state index in [0.29, 0.717) is 40.5 Å². The normalized spacial score (nSPS) is 10.8. The first-order valence-electron chi connectivity index (χ1n) is 8.45. The molecule has 8 heteroatoms. The molecule has 0 spiro atoms. The average molecular weight is 387 g/mol. The van der Waals surface area contributed by atoms with Gasteiger partial charge in [-0.25, -0.2) is 9.97 Å². The first-order valence-corrected chi connectivity index (χ1v) is 9.44. The van der Waals surface area contributed by atoms with E-state index in [0.717, 1.165) is 17.0 Å². The highest BCUT2D eigenvalue weighted by Gasteiger charge is 2.16. The number of methoxy groups -OCH3 is 2. The fraction of sp³-hybridized carbons (Fsp3) is 0.316. The second-order valence-corrected chi connectivity index (χ2v) is 6.74. The molecule has 0 amide bonds.